The first kappa shape index (κ1) is 34.3. The molecular weight excluding hydrogens is 572 g/mol. The average Bonchev–Trinajstić information content (AvgIpc) is 3.74. The van der Waals surface area contributed by atoms with Crippen LogP contribution >= 0.6 is 0 Å². The van der Waals surface area contributed by atoms with Crippen LogP contribution in [0.1, 0.15) is 88.0 Å². The summed E-state index contributed by atoms with van der Waals surface area (Å²) in [6.45, 7) is 19.0. The van der Waals surface area contributed by atoms with Crippen LogP contribution in [0.25, 0.3) is 0 Å². The van der Waals surface area contributed by atoms with E-state index < -0.39 is 77.6 Å². The number of carbonyl (C=O) groups excluding carboxylic acids is 3. The number of aliphatic hydroxyl groups excluding tert-OH is 1. The molecule has 2 saturated carbocycles. The molecule has 2 saturated heterocycles. The van der Waals surface area contributed by atoms with Crippen LogP contribution in [0.5, 0.6) is 0 Å². The maximum Gasteiger partial charge on any atom is 0.333 e. The molecule has 1 spiro atoms. The van der Waals surface area contributed by atoms with E-state index in [-0.39, 0.29) is 11.0 Å². The van der Waals surface area contributed by atoms with Gasteiger partial charge in [0.05, 0.1) is 17.8 Å². The zero-order chi connectivity index (χ0) is 33.0. The maximum absolute atomic E-state index is 13.1. The Bertz CT molecular complexity index is 1250. The smallest absolute Gasteiger partial charge is 0.333 e. The minimum absolute atomic E-state index is 0.286. The Morgan fingerprint density at radius 2 is 1.52 bits per heavy atom. The topological polar surface area (TPSA) is 150 Å². The number of allylic oxidation sites excluding steroid dienone is 2. The molecule has 0 radical (unpaired) electrons. The SMILES string of the molecule is C=C1C(O)CCC2(C)CCC(O)(C(C)(C)O[C@H]3O[C@H](C)[C@H](OC(=O)/C(C)=C\C)[C@H](OC(C)=O)[C@H]3OC(=O)/C(C)=C\C)C3OC132. The number of carbonyl (C=O) groups is 3. The van der Waals surface area contributed by atoms with Crippen LogP contribution in [0.4, 0.5) is 0 Å². The van der Waals surface area contributed by atoms with Crippen molar-refractivity contribution in [1.82, 2.24) is 0 Å². The van der Waals surface area contributed by atoms with Crippen LogP contribution in [-0.2, 0) is 42.8 Å². The van der Waals surface area contributed by atoms with E-state index in [1.807, 2.05) is 0 Å². The second kappa shape index (κ2) is 12.0. The van der Waals surface area contributed by atoms with Gasteiger partial charge in [-0.25, -0.2) is 9.59 Å². The fourth-order valence-electron chi connectivity index (χ4n) is 7.01. The minimum atomic E-state index is -1.56. The molecule has 5 unspecified atom stereocenters. The van der Waals surface area contributed by atoms with Gasteiger partial charge in [-0.3, -0.25) is 4.79 Å². The van der Waals surface area contributed by atoms with Gasteiger partial charge in [0.25, 0.3) is 0 Å². The molecule has 0 amide bonds. The van der Waals surface area contributed by atoms with Crippen LogP contribution in [0.3, 0.4) is 0 Å². The lowest BCUT2D eigenvalue weighted by atomic mass is 9.53. The lowest BCUT2D eigenvalue weighted by Crippen LogP contribution is -2.67. The molecule has 0 aromatic rings. The second-order valence-corrected chi connectivity index (χ2v) is 13.4. The fourth-order valence-corrected chi connectivity index (χ4v) is 7.01. The molecule has 4 fully saturated rings. The summed E-state index contributed by atoms with van der Waals surface area (Å²) in [5.41, 5.74) is -2.98. The van der Waals surface area contributed by atoms with Gasteiger partial charge in [-0.1, -0.05) is 25.7 Å². The quantitative estimate of drug-likeness (QED) is 0.135. The third kappa shape index (κ3) is 5.55. The molecule has 11 nitrogen and oxygen atoms in total. The van der Waals surface area contributed by atoms with Crippen molar-refractivity contribution in [2.75, 3.05) is 0 Å². The van der Waals surface area contributed by atoms with E-state index in [9.17, 15) is 24.6 Å². The molecule has 0 aromatic carbocycles. The highest BCUT2D eigenvalue weighted by Gasteiger charge is 2.81. The van der Waals surface area contributed by atoms with Crippen LogP contribution in [-0.4, -0.2) is 87.8 Å². The van der Waals surface area contributed by atoms with E-state index in [2.05, 4.69) is 13.5 Å². The van der Waals surface area contributed by atoms with Crippen LogP contribution in [0.2, 0.25) is 0 Å². The molecule has 2 N–H and O–H groups in total. The maximum atomic E-state index is 13.1. The number of aliphatic hydroxyl groups is 2. The van der Waals surface area contributed by atoms with Gasteiger partial charge in [0.1, 0.15) is 17.3 Å². The Morgan fingerprint density at radius 1 is 0.955 bits per heavy atom. The van der Waals surface area contributed by atoms with Crippen molar-refractivity contribution in [2.24, 2.45) is 5.41 Å². The van der Waals surface area contributed by atoms with Crippen molar-refractivity contribution in [2.45, 2.75) is 148 Å². The highest BCUT2D eigenvalue weighted by Crippen LogP contribution is 2.70. The number of rotatable bonds is 8. The van der Waals surface area contributed by atoms with E-state index in [4.69, 9.17) is 28.4 Å². The third-order valence-electron chi connectivity index (χ3n) is 10.3. The predicted octanol–water partition coefficient (Wildman–Crippen LogP) is 3.59. The molecule has 2 aliphatic heterocycles. The fraction of sp³-hybridized carbons (Fsp3) is 0.727. The zero-order valence-corrected chi connectivity index (χ0v) is 27.3. The molecule has 10 atom stereocenters. The van der Waals surface area contributed by atoms with Gasteiger partial charge >= 0.3 is 17.9 Å². The summed E-state index contributed by atoms with van der Waals surface area (Å²) < 4.78 is 36.3. The van der Waals surface area contributed by atoms with Crippen LogP contribution in [0, 0.1) is 5.41 Å². The van der Waals surface area contributed by atoms with Crippen LogP contribution in [0.15, 0.2) is 35.5 Å². The highest BCUT2D eigenvalue weighted by molar-refractivity contribution is 5.88. The molecule has 0 bridgehead atoms. The molecule has 2 aliphatic carbocycles. The number of esters is 3. The average molecular weight is 621 g/mol. The summed E-state index contributed by atoms with van der Waals surface area (Å²) >= 11 is 0. The predicted molar refractivity (Wildman–Crippen MR) is 158 cm³/mol. The highest BCUT2D eigenvalue weighted by atomic mass is 16.7. The standard InChI is InChI=1S/C33H48O11/c1-11-17(3)26(36)41-23-20(6)39-28(25(24(23)40-21(7)34)42-27(37)18(4)12-2)43-30(8,9)32(38)16-15-31(10)14-13-22(35)19(5)33(31)29(32)44-33/h11-12,20,22-25,28-29,35,38H,5,13-16H2,1-4,6-10H3/b17-11-,18-12-/t20-,22?,23+,24+,25-,28-,29?,31?,32?,33?/m1/s1. The summed E-state index contributed by atoms with van der Waals surface area (Å²) in [6, 6.07) is 0. The number of hydrogen-bond donors (Lipinski definition) is 2. The van der Waals surface area contributed by atoms with E-state index in [0.717, 1.165) is 6.42 Å². The molecule has 0 aromatic heterocycles. The van der Waals surface area contributed by atoms with Gasteiger partial charge in [-0.2, -0.15) is 0 Å². The van der Waals surface area contributed by atoms with E-state index in [1.165, 1.54) is 6.92 Å². The van der Waals surface area contributed by atoms with Gasteiger partial charge in [0, 0.05) is 23.5 Å². The summed E-state index contributed by atoms with van der Waals surface area (Å²) in [6.07, 6.45) is -2.09. The van der Waals surface area contributed by atoms with Crippen molar-refractivity contribution in [3.63, 3.8) is 0 Å². The van der Waals surface area contributed by atoms with Gasteiger partial charge in [0.2, 0.25) is 0 Å². The third-order valence-corrected chi connectivity index (χ3v) is 10.3. The van der Waals surface area contributed by atoms with E-state index in [0.29, 0.717) is 30.4 Å². The molecule has 2 heterocycles. The van der Waals surface area contributed by atoms with Gasteiger partial charge in [-0.05, 0) is 79.7 Å². The van der Waals surface area contributed by atoms with Crippen molar-refractivity contribution < 1.29 is 53.0 Å². The zero-order valence-electron chi connectivity index (χ0n) is 27.3. The normalized spacial score (nSPS) is 40.8. The Hall–Kier alpha value is -2.57. The van der Waals surface area contributed by atoms with E-state index >= 15 is 0 Å². The lowest BCUT2D eigenvalue weighted by molar-refractivity contribution is -0.341. The van der Waals surface area contributed by atoms with Gasteiger partial charge in [-0.15, -0.1) is 0 Å². The molecule has 11 heteroatoms. The first-order chi connectivity index (χ1) is 20.4. The van der Waals surface area contributed by atoms with E-state index in [1.54, 1.807) is 60.6 Å². The Morgan fingerprint density at radius 3 is 2.07 bits per heavy atom. The van der Waals surface area contributed by atoms with Crippen molar-refractivity contribution in [1.29, 1.82) is 0 Å². The molecule has 44 heavy (non-hydrogen) atoms. The summed E-state index contributed by atoms with van der Waals surface area (Å²) in [4.78, 5) is 38.2. The summed E-state index contributed by atoms with van der Waals surface area (Å²) in [7, 11) is 0. The van der Waals surface area contributed by atoms with Crippen LogP contribution < -0.4 is 0 Å². The minimum Gasteiger partial charge on any atom is -0.454 e. The first-order valence-electron chi connectivity index (χ1n) is 15.3. The Labute approximate surface area is 259 Å². The Balaban J connectivity index is 1.69. The molecular formula is C33H48O11. The Kier molecular flexibility index (Phi) is 9.34. The summed E-state index contributed by atoms with van der Waals surface area (Å²) in [5, 5.41) is 23.0. The van der Waals surface area contributed by atoms with Crippen molar-refractivity contribution in [3.05, 3.63) is 35.5 Å². The van der Waals surface area contributed by atoms with Gasteiger partial charge in [0.15, 0.2) is 24.6 Å². The number of ether oxygens (including phenoxy) is 6. The number of hydrogen-bond acceptors (Lipinski definition) is 11. The van der Waals surface area contributed by atoms with Crippen molar-refractivity contribution >= 4 is 17.9 Å². The second-order valence-electron chi connectivity index (χ2n) is 13.4. The lowest BCUT2D eigenvalue weighted by Gasteiger charge is -2.54. The monoisotopic (exact) mass is 620 g/mol. The molecule has 246 valence electrons. The molecule has 4 aliphatic rings. The first-order valence-corrected chi connectivity index (χ1v) is 15.3. The van der Waals surface area contributed by atoms with Crippen molar-refractivity contribution in [3.8, 4) is 0 Å². The van der Waals surface area contributed by atoms with Gasteiger partial charge < -0.3 is 38.6 Å². The summed E-state index contributed by atoms with van der Waals surface area (Å²) in [5.74, 6) is -2.05. The largest absolute Gasteiger partial charge is 0.454 e. The number of epoxide rings is 1. The molecule has 4 rings (SSSR count).